The predicted octanol–water partition coefficient (Wildman–Crippen LogP) is 3.15. The van der Waals surface area contributed by atoms with Gasteiger partial charge in [-0.3, -0.25) is 5.43 Å². The Morgan fingerprint density at radius 2 is 2.05 bits per heavy atom. The molecule has 4 nitrogen and oxygen atoms in total. The maximum absolute atomic E-state index is 13.1. The van der Waals surface area contributed by atoms with Crippen molar-refractivity contribution in [1.29, 1.82) is 0 Å². The molecule has 4 N–H and O–H groups in total. The van der Waals surface area contributed by atoms with Crippen LogP contribution in [0.5, 0.6) is 0 Å². The maximum Gasteiger partial charge on any atom is 0.210 e. The van der Waals surface area contributed by atoms with Gasteiger partial charge in [0.2, 0.25) is 5.96 Å². The highest BCUT2D eigenvalue weighted by molar-refractivity contribution is 9.10. The van der Waals surface area contributed by atoms with Crippen molar-refractivity contribution >= 4 is 27.6 Å². The molecular formula is C13H18BrFN4. The van der Waals surface area contributed by atoms with Crippen molar-refractivity contribution in [3.63, 3.8) is 0 Å². The standard InChI is InChI=1S/C13H18BrFN4/c14-11-8-10(6-7-12(11)15)18-13(19-16)17-9-4-2-1-3-5-9/h6-9H,1-5,16H2,(H2,17,18,19). The van der Waals surface area contributed by atoms with E-state index in [0.29, 0.717) is 16.5 Å². The van der Waals surface area contributed by atoms with E-state index >= 15 is 0 Å². The van der Waals surface area contributed by atoms with E-state index in [-0.39, 0.29) is 5.82 Å². The second kappa shape index (κ2) is 6.86. The summed E-state index contributed by atoms with van der Waals surface area (Å²) in [6.45, 7) is 0. The summed E-state index contributed by atoms with van der Waals surface area (Å²) in [6, 6.07) is 5.01. The Hall–Kier alpha value is -1.14. The second-order valence-corrected chi connectivity index (χ2v) is 5.52. The number of hydrogen-bond donors (Lipinski definition) is 3. The lowest BCUT2D eigenvalue weighted by Crippen LogP contribution is -2.37. The zero-order valence-electron chi connectivity index (χ0n) is 10.6. The Balaban J connectivity index is 2.05. The maximum atomic E-state index is 13.1. The Morgan fingerprint density at radius 3 is 2.68 bits per heavy atom. The third kappa shape index (κ3) is 4.18. The van der Waals surface area contributed by atoms with Gasteiger partial charge in [-0.05, 0) is 47.0 Å². The highest BCUT2D eigenvalue weighted by atomic mass is 79.9. The van der Waals surface area contributed by atoms with Crippen LogP contribution in [0.3, 0.4) is 0 Å². The van der Waals surface area contributed by atoms with Gasteiger partial charge in [-0.25, -0.2) is 15.2 Å². The predicted molar refractivity (Wildman–Crippen MR) is 79.4 cm³/mol. The lowest BCUT2D eigenvalue weighted by Gasteiger charge is -2.19. The van der Waals surface area contributed by atoms with Crippen molar-refractivity contribution in [3.8, 4) is 0 Å². The summed E-state index contributed by atoms with van der Waals surface area (Å²) in [5.41, 5.74) is 3.30. The highest BCUT2D eigenvalue weighted by Gasteiger charge is 2.13. The molecule has 1 saturated carbocycles. The number of hydrogen-bond acceptors (Lipinski definition) is 2. The first-order chi connectivity index (χ1) is 9.19. The van der Waals surface area contributed by atoms with Crippen molar-refractivity contribution in [2.75, 3.05) is 5.32 Å². The number of rotatable bonds is 2. The number of aliphatic imine (C=N–C) groups is 1. The molecule has 0 spiro atoms. The van der Waals surface area contributed by atoms with Crippen LogP contribution in [-0.2, 0) is 0 Å². The van der Waals surface area contributed by atoms with Crippen molar-refractivity contribution in [3.05, 3.63) is 28.5 Å². The van der Waals surface area contributed by atoms with E-state index in [0.717, 1.165) is 18.5 Å². The second-order valence-electron chi connectivity index (χ2n) is 4.67. The molecule has 0 heterocycles. The molecule has 0 amide bonds. The molecule has 0 atom stereocenters. The van der Waals surface area contributed by atoms with E-state index in [2.05, 4.69) is 31.7 Å². The number of hydrazine groups is 1. The molecule has 0 unspecified atom stereocenters. The SMILES string of the molecule is NNC(=NC1CCCCC1)Nc1ccc(F)c(Br)c1. The molecule has 104 valence electrons. The molecular weight excluding hydrogens is 311 g/mol. The number of halogens is 2. The third-order valence-electron chi connectivity index (χ3n) is 3.21. The summed E-state index contributed by atoms with van der Waals surface area (Å²) >= 11 is 3.15. The first kappa shape index (κ1) is 14.3. The van der Waals surface area contributed by atoms with Gasteiger partial charge in [0.05, 0.1) is 10.5 Å². The molecule has 0 saturated heterocycles. The Bertz CT molecular complexity index is 458. The molecule has 2 rings (SSSR count). The summed E-state index contributed by atoms with van der Waals surface area (Å²) < 4.78 is 13.6. The topological polar surface area (TPSA) is 62.4 Å². The van der Waals surface area contributed by atoms with Crippen LogP contribution >= 0.6 is 15.9 Å². The van der Waals surface area contributed by atoms with Crippen LogP contribution in [-0.4, -0.2) is 12.0 Å². The average Bonchev–Trinajstić information content (AvgIpc) is 2.43. The Kier molecular flexibility index (Phi) is 5.15. The van der Waals surface area contributed by atoms with Gasteiger partial charge in [-0.1, -0.05) is 19.3 Å². The molecule has 6 heteroatoms. The summed E-state index contributed by atoms with van der Waals surface area (Å²) in [5.74, 6) is 5.70. The van der Waals surface area contributed by atoms with Crippen molar-refractivity contribution in [1.82, 2.24) is 5.43 Å². The van der Waals surface area contributed by atoms with Gasteiger partial charge in [0, 0.05) is 5.69 Å². The van der Waals surface area contributed by atoms with E-state index in [1.807, 2.05) is 0 Å². The van der Waals surface area contributed by atoms with Gasteiger partial charge >= 0.3 is 0 Å². The fraction of sp³-hybridized carbons (Fsp3) is 0.462. The largest absolute Gasteiger partial charge is 0.325 e. The number of nitrogens with zero attached hydrogens (tertiary/aromatic N) is 1. The average molecular weight is 329 g/mol. The van der Waals surface area contributed by atoms with Gasteiger partial charge < -0.3 is 5.32 Å². The van der Waals surface area contributed by atoms with Crippen molar-refractivity contribution in [2.24, 2.45) is 10.8 Å². The number of benzene rings is 1. The summed E-state index contributed by atoms with van der Waals surface area (Å²) in [6.07, 6.45) is 5.91. The number of anilines is 1. The van der Waals surface area contributed by atoms with Gasteiger partial charge in [0.25, 0.3) is 0 Å². The molecule has 1 aromatic rings. The smallest absolute Gasteiger partial charge is 0.210 e. The quantitative estimate of drug-likeness (QED) is 0.338. The van der Waals surface area contributed by atoms with Crippen LogP contribution in [0.4, 0.5) is 10.1 Å². The Morgan fingerprint density at radius 1 is 1.32 bits per heavy atom. The van der Waals surface area contributed by atoms with Gasteiger partial charge in [-0.15, -0.1) is 0 Å². The van der Waals surface area contributed by atoms with E-state index < -0.39 is 0 Å². The zero-order chi connectivity index (χ0) is 13.7. The zero-order valence-corrected chi connectivity index (χ0v) is 12.2. The summed E-state index contributed by atoms with van der Waals surface area (Å²) in [7, 11) is 0. The molecule has 1 aromatic carbocycles. The normalized spacial score (nSPS) is 17.3. The molecule has 0 bridgehead atoms. The molecule has 1 aliphatic rings. The molecule has 0 aromatic heterocycles. The minimum absolute atomic E-state index is 0.294. The third-order valence-corrected chi connectivity index (χ3v) is 3.81. The van der Waals surface area contributed by atoms with Gasteiger partial charge in [0.15, 0.2) is 0 Å². The summed E-state index contributed by atoms with van der Waals surface area (Å²) in [5, 5.41) is 3.06. The van der Waals surface area contributed by atoms with Crippen LogP contribution in [0.25, 0.3) is 0 Å². The molecule has 1 fully saturated rings. The minimum Gasteiger partial charge on any atom is -0.325 e. The van der Waals surface area contributed by atoms with Gasteiger partial charge in [0.1, 0.15) is 5.82 Å². The number of guanidine groups is 1. The molecule has 1 aliphatic carbocycles. The monoisotopic (exact) mass is 328 g/mol. The van der Waals surface area contributed by atoms with Crippen LogP contribution < -0.4 is 16.6 Å². The number of nitrogens with one attached hydrogen (secondary N) is 2. The lowest BCUT2D eigenvalue weighted by molar-refractivity contribution is 0.442. The van der Waals surface area contributed by atoms with Crippen LogP contribution in [0.1, 0.15) is 32.1 Å². The van der Waals surface area contributed by atoms with E-state index in [4.69, 9.17) is 5.84 Å². The fourth-order valence-electron chi connectivity index (χ4n) is 2.21. The van der Waals surface area contributed by atoms with Gasteiger partial charge in [-0.2, -0.15) is 0 Å². The van der Waals surface area contributed by atoms with E-state index in [9.17, 15) is 4.39 Å². The highest BCUT2D eigenvalue weighted by Crippen LogP contribution is 2.22. The Labute approximate surface area is 120 Å². The van der Waals surface area contributed by atoms with Crippen LogP contribution in [0.15, 0.2) is 27.7 Å². The first-order valence-electron chi connectivity index (χ1n) is 6.45. The molecule has 0 aliphatic heterocycles. The first-order valence-corrected chi connectivity index (χ1v) is 7.25. The van der Waals surface area contributed by atoms with Crippen LogP contribution in [0.2, 0.25) is 0 Å². The minimum atomic E-state index is -0.294. The van der Waals surface area contributed by atoms with E-state index in [1.165, 1.54) is 25.3 Å². The fourth-order valence-corrected chi connectivity index (χ4v) is 2.59. The van der Waals surface area contributed by atoms with Crippen molar-refractivity contribution in [2.45, 2.75) is 38.1 Å². The number of nitrogens with two attached hydrogens (primary N) is 1. The lowest BCUT2D eigenvalue weighted by atomic mass is 9.96. The van der Waals surface area contributed by atoms with Crippen molar-refractivity contribution < 1.29 is 4.39 Å². The van der Waals surface area contributed by atoms with E-state index in [1.54, 1.807) is 12.1 Å². The molecule has 19 heavy (non-hydrogen) atoms. The summed E-state index contributed by atoms with van der Waals surface area (Å²) in [4.78, 5) is 4.56. The van der Waals surface area contributed by atoms with Crippen LogP contribution in [0, 0.1) is 5.82 Å². The molecule has 0 radical (unpaired) electrons.